The van der Waals surface area contributed by atoms with Gasteiger partial charge >= 0.3 is 0 Å². The van der Waals surface area contributed by atoms with Crippen LogP contribution in [0.15, 0.2) is 35.8 Å². The van der Waals surface area contributed by atoms with Crippen LogP contribution in [-0.2, 0) is 11.3 Å². The number of anilines is 2. The van der Waals surface area contributed by atoms with Crippen molar-refractivity contribution in [1.29, 1.82) is 0 Å². The average Bonchev–Trinajstić information content (AvgIpc) is 3.35. The molecule has 0 aromatic carbocycles. The molecule has 1 aliphatic carbocycles. The fourth-order valence-corrected chi connectivity index (χ4v) is 3.74. The summed E-state index contributed by atoms with van der Waals surface area (Å²) in [6.07, 6.45) is 3.81. The van der Waals surface area contributed by atoms with Crippen molar-refractivity contribution in [2.75, 3.05) is 36.4 Å². The molecule has 0 spiro atoms. The summed E-state index contributed by atoms with van der Waals surface area (Å²) in [6, 6.07) is 8.29. The third-order valence-electron chi connectivity index (χ3n) is 4.62. The van der Waals surface area contributed by atoms with Crippen LogP contribution in [0.3, 0.4) is 0 Å². The summed E-state index contributed by atoms with van der Waals surface area (Å²) in [7, 11) is 0. The third kappa shape index (κ3) is 3.76. The lowest BCUT2D eigenvalue weighted by Crippen LogP contribution is -2.46. The van der Waals surface area contributed by atoms with E-state index in [1.165, 1.54) is 4.88 Å². The van der Waals surface area contributed by atoms with Gasteiger partial charge in [0.2, 0.25) is 5.91 Å². The van der Waals surface area contributed by atoms with E-state index in [1.807, 2.05) is 23.5 Å². The Morgan fingerprint density at radius 1 is 1.21 bits per heavy atom. The van der Waals surface area contributed by atoms with E-state index in [1.54, 1.807) is 6.20 Å². The highest BCUT2D eigenvalue weighted by Gasteiger charge is 2.29. The molecule has 5 nitrogen and oxygen atoms in total. The van der Waals surface area contributed by atoms with Gasteiger partial charge in [0.25, 0.3) is 0 Å². The Morgan fingerprint density at radius 3 is 2.67 bits per heavy atom. The molecule has 1 amide bonds. The van der Waals surface area contributed by atoms with Crippen LogP contribution in [0.4, 0.5) is 11.5 Å². The molecule has 6 heteroatoms. The van der Waals surface area contributed by atoms with Gasteiger partial charge in [-0.1, -0.05) is 6.07 Å². The molecule has 126 valence electrons. The van der Waals surface area contributed by atoms with E-state index in [4.69, 9.17) is 0 Å². The van der Waals surface area contributed by atoms with Crippen molar-refractivity contribution < 1.29 is 4.79 Å². The van der Waals surface area contributed by atoms with Gasteiger partial charge in [-0.2, -0.15) is 0 Å². The van der Waals surface area contributed by atoms with E-state index in [2.05, 4.69) is 37.6 Å². The van der Waals surface area contributed by atoms with Crippen LogP contribution in [0, 0.1) is 5.92 Å². The zero-order valence-corrected chi connectivity index (χ0v) is 14.5. The van der Waals surface area contributed by atoms with Crippen LogP contribution >= 0.6 is 11.3 Å². The Balaban J connectivity index is 1.29. The highest BCUT2D eigenvalue weighted by molar-refractivity contribution is 7.09. The minimum atomic E-state index is 0.131. The maximum Gasteiger partial charge on any atom is 0.227 e. The monoisotopic (exact) mass is 342 g/mol. The van der Waals surface area contributed by atoms with Crippen LogP contribution in [0.2, 0.25) is 0 Å². The molecular formula is C18H22N4OS. The largest absolute Gasteiger partial charge is 0.354 e. The number of piperazine rings is 1. The summed E-state index contributed by atoms with van der Waals surface area (Å²) in [5.74, 6) is 1.35. The molecule has 1 saturated carbocycles. The number of carbonyl (C=O) groups excluding carboxylic acids is 1. The molecule has 4 rings (SSSR count). The zero-order valence-electron chi connectivity index (χ0n) is 13.6. The van der Waals surface area contributed by atoms with Crippen molar-refractivity contribution in [2.24, 2.45) is 5.92 Å². The van der Waals surface area contributed by atoms with Crippen LogP contribution in [0.25, 0.3) is 0 Å². The van der Waals surface area contributed by atoms with Crippen molar-refractivity contribution in [1.82, 2.24) is 9.88 Å². The molecule has 0 radical (unpaired) electrons. The average molecular weight is 342 g/mol. The van der Waals surface area contributed by atoms with Crippen molar-refractivity contribution >= 4 is 28.7 Å². The first-order chi connectivity index (χ1) is 11.8. The first kappa shape index (κ1) is 15.6. The van der Waals surface area contributed by atoms with Crippen LogP contribution in [-0.4, -0.2) is 42.0 Å². The van der Waals surface area contributed by atoms with E-state index in [0.29, 0.717) is 0 Å². The van der Waals surface area contributed by atoms with E-state index in [0.717, 1.165) is 57.1 Å². The van der Waals surface area contributed by atoms with Gasteiger partial charge < -0.3 is 10.2 Å². The molecule has 3 heterocycles. The van der Waals surface area contributed by atoms with E-state index in [9.17, 15) is 4.79 Å². The molecule has 2 aromatic rings. The van der Waals surface area contributed by atoms with Gasteiger partial charge in [0.05, 0.1) is 11.9 Å². The second-order valence-electron chi connectivity index (χ2n) is 6.51. The highest BCUT2D eigenvalue weighted by atomic mass is 32.1. The first-order valence-corrected chi connectivity index (χ1v) is 9.42. The molecule has 1 N–H and O–H groups in total. The maximum atomic E-state index is 11.8. The fraction of sp³-hybridized carbons (Fsp3) is 0.444. The maximum absolute atomic E-state index is 11.8. The molecular weight excluding hydrogens is 320 g/mol. The van der Waals surface area contributed by atoms with E-state index in [-0.39, 0.29) is 11.8 Å². The topological polar surface area (TPSA) is 48.5 Å². The lowest BCUT2D eigenvalue weighted by Gasteiger charge is -2.35. The fourth-order valence-electron chi connectivity index (χ4n) is 2.99. The smallest absolute Gasteiger partial charge is 0.227 e. The molecule has 1 saturated heterocycles. The number of hydrogen-bond donors (Lipinski definition) is 1. The van der Waals surface area contributed by atoms with Crippen molar-refractivity contribution in [3.63, 3.8) is 0 Å². The SMILES string of the molecule is O=C(Nc1ccc(N2CCN(Cc3cccs3)CC2)nc1)C1CC1. The second kappa shape index (κ2) is 6.91. The Kier molecular flexibility index (Phi) is 4.49. The highest BCUT2D eigenvalue weighted by Crippen LogP contribution is 2.30. The molecule has 0 unspecified atom stereocenters. The number of amides is 1. The second-order valence-corrected chi connectivity index (χ2v) is 7.54. The van der Waals surface area contributed by atoms with Gasteiger partial charge in [-0.3, -0.25) is 9.69 Å². The van der Waals surface area contributed by atoms with E-state index >= 15 is 0 Å². The molecule has 0 atom stereocenters. The Bertz CT molecular complexity index is 674. The molecule has 2 fully saturated rings. The molecule has 1 aliphatic heterocycles. The van der Waals surface area contributed by atoms with Gasteiger partial charge in [0.15, 0.2) is 0 Å². The Morgan fingerprint density at radius 2 is 2.04 bits per heavy atom. The van der Waals surface area contributed by atoms with Crippen molar-refractivity contribution in [3.05, 3.63) is 40.7 Å². The predicted octanol–water partition coefficient (Wildman–Crippen LogP) is 2.81. The van der Waals surface area contributed by atoms with Gasteiger partial charge in [-0.25, -0.2) is 4.98 Å². The minimum absolute atomic E-state index is 0.131. The van der Waals surface area contributed by atoms with Crippen LogP contribution in [0.5, 0.6) is 0 Å². The number of hydrogen-bond acceptors (Lipinski definition) is 5. The van der Waals surface area contributed by atoms with Crippen molar-refractivity contribution in [3.8, 4) is 0 Å². The number of thiophene rings is 1. The molecule has 2 aliphatic rings. The third-order valence-corrected chi connectivity index (χ3v) is 5.48. The molecule has 2 aromatic heterocycles. The van der Waals surface area contributed by atoms with Gasteiger partial charge in [0.1, 0.15) is 5.82 Å². The number of rotatable bonds is 5. The summed E-state index contributed by atoms with van der Waals surface area (Å²) in [6.45, 7) is 5.14. The minimum Gasteiger partial charge on any atom is -0.354 e. The summed E-state index contributed by atoms with van der Waals surface area (Å²) in [5.41, 5.74) is 0.798. The number of carbonyl (C=O) groups is 1. The number of pyridine rings is 1. The number of nitrogens with zero attached hydrogens (tertiary/aromatic N) is 3. The summed E-state index contributed by atoms with van der Waals surface area (Å²) in [4.78, 5) is 22.5. The summed E-state index contributed by atoms with van der Waals surface area (Å²) < 4.78 is 0. The first-order valence-electron chi connectivity index (χ1n) is 8.54. The van der Waals surface area contributed by atoms with Gasteiger partial charge in [-0.15, -0.1) is 11.3 Å². The lowest BCUT2D eigenvalue weighted by molar-refractivity contribution is -0.117. The van der Waals surface area contributed by atoms with Crippen LogP contribution < -0.4 is 10.2 Å². The Labute approximate surface area is 146 Å². The summed E-state index contributed by atoms with van der Waals surface area (Å²) >= 11 is 1.82. The Hall–Kier alpha value is -1.92. The molecule has 0 bridgehead atoms. The molecule has 24 heavy (non-hydrogen) atoms. The van der Waals surface area contributed by atoms with Gasteiger partial charge in [0, 0.05) is 43.5 Å². The summed E-state index contributed by atoms with van der Waals surface area (Å²) in [5, 5.41) is 5.08. The van der Waals surface area contributed by atoms with Crippen molar-refractivity contribution in [2.45, 2.75) is 19.4 Å². The standard InChI is InChI=1S/C18H22N4OS/c23-18(14-3-4-14)20-15-5-6-17(19-12-15)22-9-7-21(8-10-22)13-16-2-1-11-24-16/h1-2,5-6,11-12,14H,3-4,7-10,13H2,(H,20,23). The van der Waals surface area contributed by atoms with Gasteiger partial charge in [-0.05, 0) is 36.4 Å². The number of nitrogens with one attached hydrogen (secondary N) is 1. The zero-order chi connectivity index (χ0) is 16.4. The lowest BCUT2D eigenvalue weighted by atomic mass is 10.3. The quantitative estimate of drug-likeness (QED) is 0.908. The normalized spacial score (nSPS) is 18.6. The van der Waals surface area contributed by atoms with Crippen LogP contribution in [0.1, 0.15) is 17.7 Å². The van der Waals surface area contributed by atoms with E-state index < -0.39 is 0 Å². The predicted molar refractivity (Wildman–Crippen MR) is 97.4 cm³/mol. The number of aromatic nitrogens is 1.